The molecule has 0 radical (unpaired) electrons. The highest BCUT2D eigenvalue weighted by Gasteiger charge is 2.22. The van der Waals surface area contributed by atoms with E-state index in [-0.39, 0.29) is 23.4 Å². The Morgan fingerprint density at radius 2 is 1.96 bits per heavy atom. The van der Waals surface area contributed by atoms with Crippen molar-refractivity contribution in [3.8, 4) is 11.8 Å². The highest BCUT2D eigenvalue weighted by molar-refractivity contribution is 6.02. The molecule has 4 nitrogen and oxygen atoms in total. The average molecular weight is 348 g/mol. The lowest BCUT2D eigenvalue weighted by Gasteiger charge is -2.14. The Bertz CT molecular complexity index is 886. The summed E-state index contributed by atoms with van der Waals surface area (Å²) in [5, 5.41) is 2.40. The van der Waals surface area contributed by atoms with Gasteiger partial charge in [-0.1, -0.05) is 17.9 Å². The number of anilines is 2. The predicted octanol–water partition coefficient (Wildman–Crippen LogP) is 3.25. The maximum atomic E-state index is 14.2. The molecule has 3 N–H and O–H groups in total. The lowest BCUT2D eigenvalue weighted by atomic mass is 10.0. The summed E-state index contributed by atoms with van der Waals surface area (Å²) in [4.78, 5) is 11.8. The summed E-state index contributed by atoms with van der Waals surface area (Å²) in [5.74, 6) is 0.705. The minimum atomic E-state index is -1.36. The molecule has 0 unspecified atom stereocenters. The number of hydrogen-bond acceptors (Lipinski definition) is 3. The van der Waals surface area contributed by atoms with E-state index in [1.165, 1.54) is 19.2 Å². The second-order valence-corrected chi connectivity index (χ2v) is 5.18. The van der Waals surface area contributed by atoms with Gasteiger partial charge in [0.1, 0.15) is 12.4 Å². The summed E-state index contributed by atoms with van der Waals surface area (Å²) in [6.07, 6.45) is 0. The zero-order valence-electron chi connectivity index (χ0n) is 13.5. The zero-order chi connectivity index (χ0) is 18.6. The van der Waals surface area contributed by atoms with E-state index in [0.29, 0.717) is 5.56 Å². The first-order valence-corrected chi connectivity index (χ1v) is 7.18. The molecule has 7 heteroatoms. The van der Waals surface area contributed by atoms with E-state index >= 15 is 0 Å². The van der Waals surface area contributed by atoms with Crippen molar-refractivity contribution in [1.29, 1.82) is 0 Å². The maximum Gasteiger partial charge on any atom is 0.252 e. The fraction of sp³-hybridized carbons (Fsp3) is 0.167. The molecule has 1 amide bonds. The Balaban J connectivity index is 2.62. The van der Waals surface area contributed by atoms with Gasteiger partial charge < -0.3 is 15.8 Å². The minimum absolute atomic E-state index is 0.0204. The van der Waals surface area contributed by atoms with E-state index in [0.717, 1.165) is 6.07 Å². The number of aryl methyl sites for hydroxylation is 1. The van der Waals surface area contributed by atoms with Crippen molar-refractivity contribution >= 4 is 17.3 Å². The minimum Gasteiger partial charge on any atom is -0.372 e. The Hall–Kier alpha value is -2.98. The molecule has 0 atom stereocenters. The van der Waals surface area contributed by atoms with Crippen LogP contribution in [0.5, 0.6) is 0 Å². The smallest absolute Gasteiger partial charge is 0.252 e. The number of nitrogens with two attached hydrogens (primary N) is 1. The maximum absolute atomic E-state index is 14.2. The summed E-state index contributed by atoms with van der Waals surface area (Å²) in [6, 6.07) is 4.89. The molecule has 0 aliphatic carbocycles. The lowest BCUT2D eigenvalue weighted by molar-refractivity contribution is 0.100. The Morgan fingerprint density at radius 3 is 2.56 bits per heavy atom. The van der Waals surface area contributed by atoms with E-state index in [2.05, 4.69) is 17.2 Å². The number of amides is 1. The van der Waals surface area contributed by atoms with Crippen molar-refractivity contribution in [2.24, 2.45) is 5.73 Å². The molecular formula is C18H15F3N2O2. The van der Waals surface area contributed by atoms with Crippen LogP contribution in [0.15, 0.2) is 24.3 Å². The zero-order valence-corrected chi connectivity index (χ0v) is 13.5. The highest BCUT2D eigenvalue weighted by atomic mass is 19.2. The number of hydrogen-bond donors (Lipinski definition) is 2. The molecule has 0 spiro atoms. The third kappa shape index (κ3) is 4.11. The molecule has 0 aromatic heterocycles. The molecule has 2 aromatic carbocycles. The number of carbonyl (C=O) groups is 1. The number of nitrogens with one attached hydrogen (secondary N) is 1. The number of carbonyl (C=O) groups excluding carboxylic acids is 1. The number of primary amides is 1. The van der Waals surface area contributed by atoms with Gasteiger partial charge in [-0.2, -0.15) is 0 Å². The van der Waals surface area contributed by atoms with Crippen molar-refractivity contribution in [3.05, 3.63) is 58.4 Å². The van der Waals surface area contributed by atoms with E-state index in [1.807, 2.05) is 0 Å². The van der Waals surface area contributed by atoms with Crippen LogP contribution in [-0.4, -0.2) is 19.6 Å². The number of halogens is 3. The molecule has 0 bridgehead atoms. The van der Waals surface area contributed by atoms with Gasteiger partial charge in [0.15, 0.2) is 11.6 Å². The van der Waals surface area contributed by atoms with Crippen molar-refractivity contribution < 1.29 is 22.7 Å². The van der Waals surface area contributed by atoms with Gasteiger partial charge in [-0.15, -0.1) is 0 Å². The number of ether oxygens (including phenoxy) is 1. The third-order valence-electron chi connectivity index (χ3n) is 3.29. The fourth-order valence-corrected chi connectivity index (χ4v) is 2.16. The summed E-state index contributed by atoms with van der Waals surface area (Å²) >= 11 is 0. The summed E-state index contributed by atoms with van der Waals surface area (Å²) in [6.45, 7) is 1.69. The second kappa shape index (κ2) is 7.73. The number of rotatable bonds is 4. The van der Waals surface area contributed by atoms with Crippen LogP contribution in [0.3, 0.4) is 0 Å². The summed E-state index contributed by atoms with van der Waals surface area (Å²) in [7, 11) is 1.40. The van der Waals surface area contributed by atoms with E-state index in [9.17, 15) is 18.0 Å². The third-order valence-corrected chi connectivity index (χ3v) is 3.29. The predicted molar refractivity (Wildman–Crippen MR) is 88.0 cm³/mol. The largest absolute Gasteiger partial charge is 0.372 e. The van der Waals surface area contributed by atoms with Crippen LogP contribution in [0.25, 0.3) is 0 Å². The second-order valence-electron chi connectivity index (χ2n) is 5.18. The van der Waals surface area contributed by atoms with Crippen LogP contribution in [-0.2, 0) is 4.74 Å². The quantitative estimate of drug-likeness (QED) is 0.834. The van der Waals surface area contributed by atoms with Gasteiger partial charge >= 0.3 is 0 Å². The molecule has 0 saturated heterocycles. The first kappa shape index (κ1) is 18.4. The SMILES string of the molecule is COCC#Cc1cc(F)c(F)c(Nc2ccc(C)cc2F)c1C(N)=O. The number of benzene rings is 2. The van der Waals surface area contributed by atoms with Crippen LogP contribution in [0.1, 0.15) is 21.5 Å². The molecule has 25 heavy (non-hydrogen) atoms. The molecule has 2 rings (SSSR count). The molecule has 0 heterocycles. The lowest BCUT2D eigenvalue weighted by Crippen LogP contribution is -2.17. The first-order valence-electron chi connectivity index (χ1n) is 7.18. The van der Waals surface area contributed by atoms with E-state index in [1.54, 1.807) is 13.0 Å². The average Bonchev–Trinajstić information content (AvgIpc) is 2.54. The van der Waals surface area contributed by atoms with Crippen molar-refractivity contribution in [2.45, 2.75) is 6.92 Å². The van der Waals surface area contributed by atoms with Gasteiger partial charge in [0.2, 0.25) is 0 Å². The van der Waals surface area contributed by atoms with Crippen LogP contribution < -0.4 is 11.1 Å². The Kier molecular flexibility index (Phi) is 5.67. The van der Waals surface area contributed by atoms with Gasteiger partial charge in [-0.3, -0.25) is 4.79 Å². The molecule has 0 saturated carbocycles. The molecule has 0 aliphatic rings. The van der Waals surface area contributed by atoms with Gasteiger partial charge in [0.25, 0.3) is 5.91 Å². The first-order chi connectivity index (χ1) is 11.8. The van der Waals surface area contributed by atoms with E-state index in [4.69, 9.17) is 10.5 Å². The standard InChI is InChI=1S/C18H15F3N2O2/c1-10-5-6-14(12(19)8-10)23-17-15(18(22)24)11(4-3-7-25-2)9-13(20)16(17)21/h5-6,8-9,23H,7H2,1-2H3,(H2,22,24). The molecule has 130 valence electrons. The van der Waals surface area contributed by atoms with Crippen molar-refractivity contribution in [1.82, 2.24) is 0 Å². The van der Waals surface area contributed by atoms with E-state index < -0.39 is 29.0 Å². The van der Waals surface area contributed by atoms with Crippen LogP contribution in [0.4, 0.5) is 24.5 Å². The molecule has 2 aromatic rings. The highest BCUT2D eigenvalue weighted by Crippen LogP contribution is 2.30. The number of methoxy groups -OCH3 is 1. The van der Waals surface area contributed by atoms with Gasteiger partial charge in [0, 0.05) is 12.7 Å². The molecular weight excluding hydrogens is 333 g/mol. The summed E-state index contributed by atoms with van der Waals surface area (Å²) in [5.41, 5.74) is 4.73. The fourth-order valence-electron chi connectivity index (χ4n) is 2.16. The molecule has 0 aliphatic heterocycles. The van der Waals surface area contributed by atoms with Crippen LogP contribution >= 0.6 is 0 Å². The molecule has 0 fully saturated rings. The topological polar surface area (TPSA) is 64.3 Å². The van der Waals surface area contributed by atoms with Gasteiger partial charge in [-0.05, 0) is 30.7 Å². The normalized spacial score (nSPS) is 10.1. The van der Waals surface area contributed by atoms with Crippen LogP contribution in [0, 0.1) is 36.2 Å². The van der Waals surface area contributed by atoms with Gasteiger partial charge in [0.05, 0.1) is 16.9 Å². The summed E-state index contributed by atoms with van der Waals surface area (Å²) < 4.78 is 46.9. The Morgan fingerprint density at radius 1 is 1.24 bits per heavy atom. The van der Waals surface area contributed by atoms with Crippen molar-refractivity contribution in [3.63, 3.8) is 0 Å². The van der Waals surface area contributed by atoms with Gasteiger partial charge in [-0.25, -0.2) is 13.2 Å². The Labute approximate surface area is 142 Å². The monoisotopic (exact) mass is 348 g/mol. The van der Waals surface area contributed by atoms with Crippen molar-refractivity contribution in [2.75, 3.05) is 19.0 Å². The van der Waals surface area contributed by atoms with Crippen LogP contribution in [0.2, 0.25) is 0 Å².